The third-order valence-electron chi connectivity index (χ3n) is 3.58. The Labute approximate surface area is 100 Å². The van der Waals surface area contributed by atoms with Crippen LogP contribution in [0.5, 0.6) is 0 Å². The van der Waals surface area contributed by atoms with Crippen LogP contribution < -0.4 is 5.73 Å². The van der Waals surface area contributed by atoms with Crippen molar-refractivity contribution in [1.82, 2.24) is 19.5 Å². The Balaban J connectivity index is 1.98. The minimum atomic E-state index is 0.503. The molecule has 5 heteroatoms. The molecule has 17 heavy (non-hydrogen) atoms. The minimum absolute atomic E-state index is 0.503. The van der Waals surface area contributed by atoms with Gasteiger partial charge >= 0.3 is 0 Å². The molecule has 2 N–H and O–H groups in total. The lowest BCUT2D eigenvalue weighted by Crippen LogP contribution is -2.29. The molecule has 1 saturated heterocycles. The van der Waals surface area contributed by atoms with Crippen molar-refractivity contribution in [3.05, 3.63) is 24.2 Å². The van der Waals surface area contributed by atoms with Gasteiger partial charge in [0.1, 0.15) is 5.82 Å². The highest BCUT2D eigenvalue weighted by atomic mass is 15.3. The van der Waals surface area contributed by atoms with Crippen LogP contribution in [0.2, 0.25) is 0 Å². The van der Waals surface area contributed by atoms with Gasteiger partial charge in [-0.1, -0.05) is 0 Å². The van der Waals surface area contributed by atoms with Gasteiger partial charge in [0.25, 0.3) is 0 Å². The molecule has 1 fully saturated rings. The zero-order chi connectivity index (χ0) is 11.8. The van der Waals surface area contributed by atoms with Crippen molar-refractivity contribution in [3.63, 3.8) is 0 Å². The van der Waals surface area contributed by atoms with E-state index < -0.39 is 0 Å². The van der Waals surface area contributed by atoms with Gasteiger partial charge in [-0.25, -0.2) is 0 Å². The van der Waals surface area contributed by atoms with Gasteiger partial charge in [-0.15, -0.1) is 10.2 Å². The molecule has 3 rings (SSSR count). The third-order valence-corrected chi connectivity index (χ3v) is 3.58. The van der Waals surface area contributed by atoms with Gasteiger partial charge in [-0.3, -0.25) is 4.40 Å². The van der Waals surface area contributed by atoms with E-state index in [2.05, 4.69) is 22.1 Å². The molecule has 2 aromatic heterocycles. The first-order chi connectivity index (χ1) is 8.25. The van der Waals surface area contributed by atoms with Gasteiger partial charge in [0.05, 0.1) is 5.69 Å². The fourth-order valence-corrected chi connectivity index (χ4v) is 2.50. The van der Waals surface area contributed by atoms with Crippen molar-refractivity contribution in [2.75, 3.05) is 25.9 Å². The number of hydrogen-bond acceptors (Lipinski definition) is 4. The lowest BCUT2D eigenvalue weighted by molar-refractivity contribution is 0.250. The molecule has 0 aromatic carbocycles. The van der Waals surface area contributed by atoms with Crippen molar-refractivity contribution >= 4 is 11.3 Å². The first-order valence-electron chi connectivity index (χ1n) is 6.03. The van der Waals surface area contributed by atoms with Crippen LogP contribution in [0.15, 0.2) is 18.3 Å². The molecule has 1 aliphatic heterocycles. The lowest BCUT2D eigenvalue weighted by atomic mass is 9.96. The van der Waals surface area contributed by atoms with Crippen LogP contribution in [0.4, 0.5) is 5.69 Å². The molecule has 0 spiro atoms. The van der Waals surface area contributed by atoms with Gasteiger partial charge in [-0.2, -0.15) is 0 Å². The zero-order valence-corrected chi connectivity index (χ0v) is 10.0. The number of fused-ring (bicyclic) bond motifs is 1. The molecule has 2 aromatic rings. The van der Waals surface area contributed by atoms with Gasteiger partial charge in [0, 0.05) is 12.1 Å². The van der Waals surface area contributed by atoms with Crippen LogP contribution >= 0.6 is 0 Å². The number of likely N-dealkylation sites (tertiary alicyclic amines) is 1. The van der Waals surface area contributed by atoms with E-state index in [1.807, 2.05) is 22.7 Å². The molecule has 0 bridgehead atoms. The maximum absolute atomic E-state index is 5.89. The molecule has 0 saturated carbocycles. The fraction of sp³-hybridized carbons (Fsp3) is 0.500. The second-order valence-electron chi connectivity index (χ2n) is 4.79. The Bertz CT molecular complexity index is 525. The van der Waals surface area contributed by atoms with Crippen molar-refractivity contribution in [2.24, 2.45) is 0 Å². The molecule has 0 atom stereocenters. The summed E-state index contributed by atoms with van der Waals surface area (Å²) < 4.78 is 2.03. The van der Waals surface area contributed by atoms with Gasteiger partial charge < -0.3 is 10.6 Å². The molecule has 0 aliphatic carbocycles. The smallest absolute Gasteiger partial charge is 0.183 e. The van der Waals surface area contributed by atoms with Gasteiger partial charge in [0.2, 0.25) is 0 Å². The monoisotopic (exact) mass is 231 g/mol. The van der Waals surface area contributed by atoms with Crippen LogP contribution in [-0.2, 0) is 0 Å². The Kier molecular flexibility index (Phi) is 2.48. The molecular weight excluding hydrogens is 214 g/mol. The SMILES string of the molecule is CN1CCC(c2nnc3c(N)cccn23)CC1. The first-order valence-corrected chi connectivity index (χ1v) is 6.03. The van der Waals surface area contributed by atoms with Crippen molar-refractivity contribution < 1.29 is 0 Å². The Morgan fingerprint density at radius 1 is 1.29 bits per heavy atom. The van der Waals surface area contributed by atoms with E-state index in [1.165, 1.54) is 0 Å². The van der Waals surface area contributed by atoms with E-state index in [4.69, 9.17) is 5.73 Å². The molecule has 3 heterocycles. The fourth-order valence-electron chi connectivity index (χ4n) is 2.50. The number of rotatable bonds is 1. The van der Waals surface area contributed by atoms with E-state index in [1.54, 1.807) is 0 Å². The summed E-state index contributed by atoms with van der Waals surface area (Å²) in [5.41, 5.74) is 7.36. The van der Waals surface area contributed by atoms with E-state index >= 15 is 0 Å². The normalized spacial score (nSPS) is 18.9. The van der Waals surface area contributed by atoms with Crippen molar-refractivity contribution in [3.8, 4) is 0 Å². The van der Waals surface area contributed by atoms with Crippen molar-refractivity contribution in [1.29, 1.82) is 0 Å². The average molecular weight is 231 g/mol. The van der Waals surface area contributed by atoms with E-state index in [9.17, 15) is 0 Å². The Morgan fingerprint density at radius 3 is 2.82 bits per heavy atom. The number of piperidine rings is 1. The predicted octanol–water partition coefficient (Wildman–Crippen LogP) is 1.12. The molecule has 0 amide bonds. The van der Waals surface area contributed by atoms with Crippen LogP contribution in [0, 0.1) is 0 Å². The number of pyridine rings is 1. The summed E-state index contributed by atoms with van der Waals surface area (Å²) in [7, 11) is 2.16. The minimum Gasteiger partial charge on any atom is -0.396 e. The summed E-state index contributed by atoms with van der Waals surface area (Å²) >= 11 is 0. The van der Waals surface area contributed by atoms with Crippen LogP contribution in [-0.4, -0.2) is 39.6 Å². The Hall–Kier alpha value is -1.62. The number of aromatic nitrogens is 3. The maximum atomic E-state index is 5.89. The molecule has 90 valence electrons. The molecular formula is C12H17N5. The van der Waals surface area contributed by atoms with E-state index in [0.29, 0.717) is 11.6 Å². The number of nitrogen functional groups attached to an aromatic ring is 1. The van der Waals surface area contributed by atoms with Gasteiger partial charge in [0.15, 0.2) is 5.65 Å². The second kappa shape index (κ2) is 4.00. The highest BCUT2D eigenvalue weighted by molar-refractivity contribution is 5.63. The van der Waals surface area contributed by atoms with Crippen LogP contribution in [0.1, 0.15) is 24.6 Å². The molecule has 0 radical (unpaired) electrons. The van der Waals surface area contributed by atoms with Crippen molar-refractivity contribution in [2.45, 2.75) is 18.8 Å². The third kappa shape index (κ3) is 1.76. The average Bonchev–Trinajstić information content (AvgIpc) is 2.75. The molecule has 5 nitrogen and oxygen atoms in total. The molecule has 0 unspecified atom stereocenters. The summed E-state index contributed by atoms with van der Waals surface area (Å²) in [4.78, 5) is 2.36. The predicted molar refractivity (Wildman–Crippen MR) is 66.9 cm³/mol. The first kappa shape index (κ1) is 10.5. The summed E-state index contributed by atoms with van der Waals surface area (Å²) in [5.74, 6) is 1.56. The summed E-state index contributed by atoms with van der Waals surface area (Å²) in [6.07, 6.45) is 4.29. The number of nitrogens with zero attached hydrogens (tertiary/aromatic N) is 4. The largest absolute Gasteiger partial charge is 0.396 e. The van der Waals surface area contributed by atoms with Crippen LogP contribution in [0.25, 0.3) is 5.65 Å². The highest BCUT2D eigenvalue weighted by Gasteiger charge is 2.23. The van der Waals surface area contributed by atoms with E-state index in [-0.39, 0.29) is 0 Å². The quantitative estimate of drug-likeness (QED) is 0.799. The maximum Gasteiger partial charge on any atom is 0.183 e. The topological polar surface area (TPSA) is 59.5 Å². The van der Waals surface area contributed by atoms with Crippen LogP contribution in [0.3, 0.4) is 0 Å². The summed E-state index contributed by atoms with van der Waals surface area (Å²) in [5, 5.41) is 8.51. The number of anilines is 1. The zero-order valence-electron chi connectivity index (χ0n) is 10.0. The molecule has 1 aliphatic rings. The Morgan fingerprint density at radius 2 is 2.06 bits per heavy atom. The highest BCUT2D eigenvalue weighted by Crippen LogP contribution is 2.27. The van der Waals surface area contributed by atoms with Gasteiger partial charge in [-0.05, 0) is 45.1 Å². The van der Waals surface area contributed by atoms with E-state index in [0.717, 1.165) is 37.4 Å². The number of hydrogen-bond donors (Lipinski definition) is 1. The summed E-state index contributed by atoms with van der Waals surface area (Å²) in [6, 6.07) is 3.81. The standard InChI is InChI=1S/C12H17N5/c1-16-7-4-9(5-8-16)11-14-15-12-10(13)3-2-6-17(11)12/h2-3,6,9H,4-5,7-8,13H2,1H3. The second-order valence-corrected chi connectivity index (χ2v) is 4.79. The number of nitrogens with two attached hydrogens (primary N) is 1. The summed E-state index contributed by atoms with van der Waals surface area (Å²) in [6.45, 7) is 2.25. The lowest BCUT2D eigenvalue weighted by Gasteiger charge is -2.27.